The van der Waals surface area contributed by atoms with Crippen molar-refractivity contribution in [3.63, 3.8) is 0 Å². The first-order chi connectivity index (χ1) is 11.2. The Kier molecular flexibility index (Phi) is 5.02. The van der Waals surface area contributed by atoms with Gasteiger partial charge in [0.15, 0.2) is 0 Å². The molecule has 7 heteroatoms. The fourth-order valence-electron chi connectivity index (χ4n) is 2.19. The fraction of sp³-hybridized carbons (Fsp3) is 0.250. The Bertz CT molecular complexity index is 664. The van der Waals surface area contributed by atoms with Gasteiger partial charge in [0.1, 0.15) is 6.10 Å². The van der Waals surface area contributed by atoms with Gasteiger partial charge in [-0.1, -0.05) is 6.07 Å². The molecule has 2 heterocycles. The van der Waals surface area contributed by atoms with Crippen molar-refractivity contribution in [1.82, 2.24) is 5.32 Å². The van der Waals surface area contributed by atoms with Crippen LogP contribution in [-0.4, -0.2) is 37.6 Å². The number of benzene rings is 1. The molecule has 0 radical (unpaired) electrons. The number of carbonyl (C=O) groups excluding carboxylic acids is 2. The number of rotatable bonds is 4. The Hall–Kier alpha value is -2.22. The van der Waals surface area contributed by atoms with E-state index in [1.165, 1.54) is 11.3 Å². The van der Waals surface area contributed by atoms with Crippen LogP contribution in [0.15, 0.2) is 41.8 Å². The number of morpholine rings is 1. The molecule has 0 saturated carbocycles. The van der Waals surface area contributed by atoms with Crippen LogP contribution in [0.1, 0.15) is 9.67 Å². The quantitative estimate of drug-likeness (QED) is 0.800. The zero-order chi connectivity index (χ0) is 16.1. The Balaban J connectivity index is 1.56. The third kappa shape index (κ3) is 4.16. The van der Waals surface area contributed by atoms with Gasteiger partial charge < -0.3 is 20.7 Å². The summed E-state index contributed by atoms with van der Waals surface area (Å²) in [6.07, 6.45) is -0.470. The fourth-order valence-corrected chi connectivity index (χ4v) is 2.81. The Labute approximate surface area is 137 Å². The van der Waals surface area contributed by atoms with Gasteiger partial charge in [-0.05, 0) is 35.7 Å². The van der Waals surface area contributed by atoms with E-state index < -0.39 is 6.10 Å². The van der Waals surface area contributed by atoms with E-state index in [0.717, 1.165) is 6.54 Å². The smallest absolute Gasteiger partial charge is 0.265 e. The summed E-state index contributed by atoms with van der Waals surface area (Å²) in [4.78, 5) is 24.6. The molecule has 2 aromatic rings. The van der Waals surface area contributed by atoms with E-state index >= 15 is 0 Å². The largest absolute Gasteiger partial charge is 0.366 e. The van der Waals surface area contributed by atoms with Gasteiger partial charge in [-0.2, -0.15) is 0 Å². The SMILES string of the molecule is O=C(Nc1ccc(NC(=O)[C@H]2CNCCO2)cc1)c1cccs1. The van der Waals surface area contributed by atoms with E-state index in [9.17, 15) is 9.59 Å². The number of nitrogens with one attached hydrogen (secondary N) is 3. The summed E-state index contributed by atoms with van der Waals surface area (Å²) < 4.78 is 5.40. The maximum Gasteiger partial charge on any atom is 0.265 e. The molecule has 1 saturated heterocycles. The first-order valence-corrected chi connectivity index (χ1v) is 8.18. The van der Waals surface area contributed by atoms with E-state index in [1.807, 2.05) is 11.4 Å². The van der Waals surface area contributed by atoms with Crippen molar-refractivity contribution in [2.75, 3.05) is 30.3 Å². The lowest BCUT2D eigenvalue weighted by atomic mass is 10.2. The molecule has 0 unspecified atom stereocenters. The maximum absolute atomic E-state index is 12.0. The summed E-state index contributed by atoms with van der Waals surface area (Å²) in [6.45, 7) is 1.81. The highest BCUT2D eigenvalue weighted by molar-refractivity contribution is 7.12. The second-order valence-electron chi connectivity index (χ2n) is 5.06. The van der Waals surface area contributed by atoms with Gasteiger partial charge >= 0.3 is 0 Å². The van der Waals surface area contributed by atoms with Gasteiger partial charge in [0, 0.05) is 24.5 Å². The van der Waals surface area contributed by atoms with Crippen LogP contribution in [0.4, 0.5) is 11.4 Å². The maximum atomic E-state index is 12.0. The van der Waals surface area contributed by atoms with Gasteiger partial charge in [0.05, 0.1) is 11.5 Å². The van der Waals surface area contributed by atoms with Crippen LogP contribution in [0.25, 0.3) is 0 Å². The molecule has 1 atom stereocenters. The van der Waals surface area contributed by atoms with Gasteiger partial charge in [0.2, 0.25) is 0 Å². The van der Waals surface area contributed by atoms with Crippen LogP contribution in [-0.2, 0) is 9.53 Å². The van der Waals surface area contributed by atoms with E-state index in [-0.39, 0.29) is 11.8 Å². The molecule has 1 aromatic heterocycles. The van der Waals surface area contributed by atoms with E-state index in [1.54, 1.807) is 30.3 Å². The van der Waals surface area contributed by atoms with E-state index in [4.69, 9.17) is 4.74 Å². The lowest BCUT2D eigenvalue weighted by molar-refractivity contribution is -0.128. The van der Waals surface area contributed by atoms with Crippen LogP contribution >= 0.6 is 11.3 Å². The summed E-state index contributed by atoms with van der Waals surface area (Å²) in [5.74, 6) is -0.314. The molecular weight excluding hydrogens is 314 g/mol. The number of hydrogen-bond acceptors (Lipinski definition) is 5. The standard InChI is InChI=1S/C16H17N3O3S/c20-15(13-10-17-7-8-22-13)18-11-3-5-12(6-4-11)19-16(21)14-2-1-9-23-14/h1-6,9,13,17H,7-8,10H2,(H,18,20)(H,19,21)/t13-/m1/s1. The highest BCUT2D eigenvalue weighted by atomic mass is 32.1. The predicted molar refractivity (Wildman–Crippen MR) is 90.0 cm³/mol. The first-order valence-electron chi connectivity index (χ1n) is 7.30. The van der Waals surface area contributed by atoms with Gasteiger partial charge in [0.25, 0.3) is 11.8 Å². The number of ether oxygens (including phenoxy) is 1. The Morgan fingerprint density at radius 3 is 2.48 bits per heavy atom. The van der Waals surface area contributed by atoms with E-state index in [0.29, 0.717) is 29.4 Å². The molecule has 120 valence electrons. The monoisotopic (exact) mass is 331 g/mol. The molecule has 2 amide bonds. The van der Waals surface area contributed by atoms with Crippen molar-refractivity contribution in [3.05, 3.63) is 46.7 Å². The van der Waals surface area contributed by atoms with Gasteiger partial charge in [-0.15, -0.1) is 11.3 Å². The predicted octanol–water partition coefficient (Wildman–Crippen LogP) is 1.93. The molecule has 6 nitrogen and oxygen atoms in total. The molecule has 0 aliphatic carbocycles. The summed E-state index contributed by atoms with van der Waals surface area (Å²) >= 11 is 1.39. The van der Waals surface area contributed by atoms with Crippen LogP contribution in [0.5, 0.6) is 0 Å². The zero-order valence-electron chi connectivity index (χ0n) is 12.4. The topological polar surface area (TPSA) is 79.5 Å². The van der Waals surface area contributed by atoms with Crippen molar-refractivity contribution in [2.24, 2.45) is 0 Å². The highest BCUT2D eigenvalue weighted by Gasteiger charge is 2.21. The van der Waals surface area contributed by atoms with Gasteiger partial charge in [-0.3, -0.25) is 9.59 Å². The molecule has 1 fully saturated rings. The van der Waals surface area contributed by atoms with Gasteiger partial charge in [-0.25, -0.2) is 0 Å². The summed E-state index contributed by atoms with van der Waals surface area (Å²) in [6, 6.07) is 10.6. The normalized spacial score (nSPS) is 17.5. The summed E-state index contributed by atoms with van der Waals surface area (Å²) in [7, 11) is 0. The van der Waals surface area contributed by atoms with E-state index in [2.05, 4.69) is 16.0 Å². The van der Waals surface area contributed by atoms with Crippen molar-refractivity contribution >= 4 is 34.5 Å². The average molecular weight is 331 g/mol. The molecule has 1 aromatic carbocycles. The minimum atomic E-state index is -0.470. The number of hydrogen-bond donors (Lipinski definition) is 3. The number of carbonyl (C=O) groups is 2. The molecule has 1 aliphatic heterocycles. The second-order valence-corrected chi connectivity index (χ2v) is 6.01. The van der Waals surface area contributed by atoms with Crippen molar-refractivity contribution in [1.29, 1.82) is 0 Å². The summed E-state index contributed by atoms with van der Waals surface area (Å²) in [5, 5.41) is 10.6. The third-order valence-corrected chi connectivity index (χ3v) is 4.24. The third-order valence-electron chi connectivity index (χ3n) is 3.38. The molecule has 23 heavy (non-hydrogen) atoms. The van der Waals surface area contributed by atoms with Crippen molar-refractivity contribution < 1.29 is 14.3 Å². The zero-order valence-corrected chi connectivity index (χ0v) is 13.2. The molecule has 0 bridgehead atoms. The minimum absolute atomic E-state index is 0.140. The Morgan fingerprint density at radius 1 is 1.13 bits per heavy atom. The molecule has 3 N–H and O–H groups in total. The van der Waals surface area contributed by atoms with Crippen molar-refractivity contribution in [3.8, 4) is 0 Å². The highest BCUT2D eigenvalue weighted by Crippen LogP contribution is 2.16. The van der Waals surface area contributed by atoms with Crippen molar-refractivity contribution in [2.45, 2.75) is 6.10 Å². The lowest BCUT2D eigenvalue weighted by Gasteiger charge is -2.22. The molecule has 1 aliphatic rings. The molecule has 0 spiro atoms. The summed E-state index contributed by atoms with van der Waals surface area (Å²) in [5.41, 5.74) is 1.34. The first kappa shape index (κ1) is 15.7. The van der Waals surface area contributed by atoms with Crippen LogP contribution in [0, 0.1) is 0 Å². The number of thiophene rings is 1. The van der Waals surface area contributed by atoms with Crippen LogP contribution < -0.4 is 16.0 Å². The van der Waals surface area contributed by atoms with Crippen LogP contribution in [0.3, 0.4) is 0 Å². The number of amides is 2. The molecular formula is C16H17N3O3S. The lowest BCUT2D eigenvalue weighted by Crippen LogP contribution is -2.45. The van der Waals surface area contributed by atoms with Crippen LogP contribution in [0.2, 0.25) is 0 Å². The minimum Gasteiger partial charge on any atom is -0.366 e. The molecule has 3 rings (SSSR count). The average Bonchev–Trinajstić information content (AvgIpc) is 3.12. The number of anilines is 2. The Morgan fingerprint density at radius 2 is 1.87 bits per heavy atom. The second kappa shape index (κ2) is 7.36.